The van der Waals surface area contributed by atoms with Gasteiger partial charge in [0.15, 0.2) is 5.13 Å². The van der Waals surface area contributed by atoms with E-state index in [0.717, 1.165) is 22.6 Å². The van der Waals surface area contributed by atoms with E-state index in [-0.39, 0.29) is 11.7 Å². The number of fused-ring (bicyclic) bond motifs is 1. The van der Waals surface area contributed by atoms with Crippen LogP contribution in [0.5, 0.6) is 0 Å². The molecule has 0 saturated heterocycles. The zero-order valence-electron chi connectivity index (χ0n) is 15.7. The molecule has 0 radical (unpaired) electrons. The van der Waals surface area contributed by atoms with Crippen molar-refractivity contribution in [1.82, 2.24) is 4.98 Å². The van der Waals surface area contributed by atoms with Gasteiger partial charge < -0.3 is 4.90 Å². The van der Waals surface area contributed by atoms with Crippen LogP contribution in [0.2, 0.25) is 0 Å². The molecule has 0 fully saturated rings. The number of thiazole rings is 1. The second-order valence-corrected chi connectivity index (χ2v) is 8.43. The third-order valence-electron chi connectivity index (χ3n) is 4.21. The number of amides is 1. The zero-order valence-corrected chi connectivity index (χ0v) is 17.3. The second-order valence-electron chi connectivity index (χ2n) is 6.58. The number of benzene rings is 2. The molecule has 7 heteroatoms. The van der Waals surface area contributed by atoms with E-state index in [9.17, 15) is 9.18 Å². The summed E-state index contributed by atoms with van der Waals surface area (Å²) in [6.45, 7) is 1.53. The number of carbonyl (C=O) groups is 1. The number of anilines is 1. The lowest BCUT2D eigenvalue weighted by atomic mass is 10.2. The van der Waals surface area contributed by atoms with Crippen molar-refractivity contribution in [2.24, 2.45) is 0 Å². The maximum atomic E-state index is 13.6. The van der Waals surface area contributed by atoms with Gasteiger partial charge in [0.05, 0.1) is 36.4 Å². The Labute approximate surface area is 167 Å². The van der Waals surface area contributed by atoms with Gasteiger partial charge in [-0.3, -0.25) is 9.69 Å². The van der Waals surface area contributed by atoms with Gasteiger partial charge in [0, 0.05) is 17.9 Å². The minimum atomic E-state index is -0.292. The first-order chi connectivity index (χ1) is 13.0. The summed E-state index contributed by atoms with van der Waals surface area (Å²) in [6.07, 6.45) is 2.83. The number of nitrogens with one attached hydrogen (secondary N) is 1. The molecule has 0 aliphatic heterocycles. The number of quaternary nitrogens is 1. The summed E-state index contributed by atoms with van der Waals surface area (Å²) in [7, 11) is 4.19. The smallest absolute Gasteiger partial charge is 0.261 e. The quantitative estimate of drug-likeness (QED) is 0.614. The van der Waals surface area contributed by atoms with Gasteiger partial charge in [0.2, 0.25) is 0 Å². The van der Waals surface area contributed by atoms with E-state index in [4.69, 9.17) is 0 Å². The third kappa shape index (κ3) is 4.66. The summed E-state index contributed by atoms with van der Waals surface area (Å²) >= 11 is 2.91. The van der Waals surface area contributed by atoms with Crippen molar-refractivity contribution >= 4 is 44.4 Å². The van der Waals surface area contributed by atoms with Crippen molar-refractivity contribution in [3.8, 4) is 0 Å². The van der Waals surface area contributed by atoms with E-state index >= 15 is 0 Å². The Morgan fingerprint density at radius 3 is 2.78 bits per heavy atom. The van der Waals surface area contributed by atoms with Gasteiger partial charge >= 0.3 is 0 Å². The average molecular weight is 405 g/mol. The lowest BCUT2D eigenvalue weighted by Gasteiger charge is -2.21. The van der Waals surface area contributed by atoms with Crippen LogP contribution in [0.25, 0.3) is 10.2 Å². The Morgan fingerprint density at radius 1 is 1.26 bits per heavy atom. The summed E-state index contributed by atoms with van der Waals surface area (Å²) in [5.74, 6) is -0.354. The van der Waals surface area contributed by atoms with Crippen molar-refractivity contribution < 1.29 is 14.1 Å². The van der Waals surface area contributed by atoms with Crippen LogP contribution >= 0.6 is 23.1 Å². The molecule has 0 aliphatic rings. The second kappa shape index (κ2) is 8.82. The SMILES string of the molecule is CSc1ccccc1C(=O)N(CCC[NH+](C)C)c1nc2ccc(F)cc2s1. The first-order valence-corrected chi connectivity index (χ1v) is 10.8. The van der Waals surface area contributed by atoms with Gasteiger partial charge in [-0.05, 0) is 36.6 Å². The third-order valence-corrected chi connectivity index (χ3v) is 6.05. The van der Waals surface area contributed by atoms with E-state index < -0.39 is 0 Å². The summed E-state index contributed by atoms with van der Waals surface area (Å²) in [5, 5.41) is 0.616. The van der Waals surface area contributed by atoms with E-state index in [2.05, 4.69) is 19.1 Å². The normalized spacial score (nSPS) is 11.3. The predicted molar refractivity (Wildman–Crippen MR) is 112 cm³/mol. The molecule has 0 saturated carbocycles. The molecule has 1 aromatic heterocycles. The minimum absolute atomic E-state index is 0.0618. The molecule has 1 N–H and O–H groups in total. The van der Waals surface area contributed by atoms with Crippen LogP contribution in [0.3, 0.4) is 0 Å². The predicted octanol–water partition coefficient (Wildman–Crippen LogP) is 3.34. The van der Waals surface area contributed by atoms with Crippen LogP contribution in [-0.4, -0.2) is 44.3 Å². The minimum Gasteiger partial charge on any atom is -0.340 e. The Hall–Kier alpha value is -1.96. The Bertz CT molecular complexity index is 942. The Balaban J connectivity index is 1.97. The highest BCUT2D eigenvalue weighted by molar-refractivity contribution is 7.98. The van der Waals surface area contributed by atoms with Gasteiger partial charge in [-0.25, -0.2) is 9.37 Å². The van der Waals surface area contributed by atoms with Crippen LogP contribution in [0.4, 0.5) is 9.52 Å². The lowest BCUT2D eigenvalue weighted by Crippen LogP contribution is -3.05. The van der Waals surface area contributed by atoms with Crippen LogP contribution in [0.15, 0.2) is 47.4 Å². The fourth-order valence-corrected chi connectivity index (χ4v) is 4.45. The molecule has 2 aromatic carbocycles. The van der Waals surface area contributed by atoms with E-state index in [1.54, 1.807) is 22.7 Å². The van der Waals surface area contributed by atoms with E-state index in [0.29, 0.717) is 22.8 Å². The average Bonchev–Trinajstić information content (AvgIpc) is 3.07. The first-order valence-electron chi connectivity index (χ1n) is 8.79. The summed E-state index contributed by atoms with van der Waals surface area (Å²) in [6, 6.07) is 12.1. The standard InChI is InChI=1S/C20H22FN3OS2/c1-23(2)11-6-12-24(19(25)15-7-4-5-8-17(15)26-3)20-22-16-10-9-14(21)13-18(16)27-20/h4-5,7-10,13H,6,11-12H2,1-3H3/p+1. The summed E-state index contributed by atoms with van der Waals surface area (Å²) in [5.41, 5.74) is 1.39. The molecule has 4 nitrogen and oxygen atoms in total. The van der Waals surface area contributed by atoms with Crippen LogP contribution < -0.4 is 9.80 Å². The molecule has 142 valence electrons. The molecular formula is C20H23FN3OS2+. The number of aromatic nitrogens is 1. The molecule has 3 rings (SSSR count). The zero-order chi connectivity index (χ0) is 19.4. The highest BCUT2D eigenvalue weighted by atomic mass is 32.2. The lowest BCUT2D eigenvalue weighted by molar-refractivity contribution is -0.858. The molecule has 1 heterocycles. The van der Waals surface area contributed by atoms with Crippen molar-refractivity contribution in [3.05, 3.63) is 53.8 Å². The molecule has 0 bridgehead atoms. The van der Waals surface area contributed by atoms with Gasteiger partial charge in [0.1, 0.15) is 5.82 Å². The Kier molecular flexibility index (Phi) is 6.46. The van der Waals surface area contributed by atoms with Crippen molar-refractivity contribution in [3.63, 3.8) is 0 Å². The summed E-state index contributed by atoms with van der Waals surface area (Å²) < 4.78 is 14.3. The maximum Gasteiger partial charge on any atom is 0.261 e. The molecule has 0 unspecified atom stereocenters. The topological polar surface area (TPSA) is 37.6 Å². The molecular weight excluding hydrogens is 381 g/mol. The molecule has 0 aliphatic carbocycles. The van der Waals surface area contributed by atoms with Crippen molar-refractivity contribution in [1.29, 1.82) is 0 Å². The molecule has 1 amide bonds. The van der Waals surface area contributed by atoms with Gasteiger partial charge in [-0.2, -0.15) is 0 Å². The van der Waals surface area contributed by atoms with Crippen LogP contribution in [-0.2, 0) is 0 Å². The van der Waals surface area contributed by atoms with E-state index in [1.165, 1.54) is 28.4 Å². The number of rotatable bonds is 7. The summed E-state index contributed by atoms with van der Waals surface area (Å²) in [4.78, 5) is 22.0. The number of hydrogen-bond donors (Lipinski definition) is 1. The molecule has 27 heavy (non-hydrogen) atoms. The van der Waals surface area contributed by atoms with Gasteiger partial charge in [-0.1, -0.05) is 23.5 Å². The fraction of sp³-hybridized carbons (Fsp3) is 0.300. The van der Waals surface area contributed by atoms with Gasteiger partial charge in [0.25, 0.3) is 5.91 Å². The Morgan fingerprint density at radius 2 is 2.04 bits per heavy atom. The van der Waals surface area contributed by atoms with Crippen molar-refractivity contribution in [2.45, 2.75) is 11.3 Å². The van der Waals surface area contributed by atoms with Crippen LogP contribution in [0, 0.1) is 5.82 Å². The fourth-order valence-electron chi connectivity index (χ4n) is 2.84. The number of hydrogen-bond acceptors (Lipinski definition) is 4. The van der Waals surface area contributed by atoms with Crippen molar-refractivity contribution in [2.75, 3.05) is 38.3 Å². The first kappa shape index (κ1) is 19.8. The van der Waals surface area contributed by atoms with Crippen LogP contribution in [0.1, 0.15) is 16.8 Å². The number of thioether (sulfide) groups is 1. The largest absolute Gasteiger partial charge is 0.340 e. The molecule has 3 aromatic rings. The van der Waals surface area contributed by atoms with Gasteiger partial charge in [-0.15, -0.1) is 11.8 Å². The molecule has 0 spiro atoms. The monoisotopic (exact) mass is 404 g/mol. The van der Waals surface area contributed by atoms with E-state index in [1.807, 2.05) is 30.5 Å². The maximum absolute atomic E-state index is 13.6. The highest BCUT2D eigenvalue weighted by Crippen LogP contribution is 2.31. The number of carbonyl (C=O) groups excluding carboxylic acids is 1. The number of halogens is 1. The highest BCUT2D eigenvalue weighted by Gasteiger charge is 2.23. The molecule has 0 atom stereocenters. The number of nitrogens with zero attached hydrogens (tertiary/aromatic N) is 2.